The maximum absolute atomic E-state index is 11.8. The lowest BCUT2D eigenvalue weighted by Gasteiger charge is -2.19. The minimum Gasteiger partial charge on any atom is -0.355 e. The van der Waals surface area contributed by atoms with E-state index in [2.05, 4.69) is 65.9 Å². The molecular formula is C26H26N4O. The molecule has 31 heavy (non-hydrogen) atoms. The van der Waals surface area contributed by atoms with Crippen molar-refractivity contribution in [1.82, 2.24) is 15.5 Å². The Morgan fingerprint density at radius 2 is 1.45 bits per heavy atom. The molecule has 5 heteroatoms. The third-order valence-electron chi connectivity index (χ3n) is 5.35. The van der Waals surface area contributed by atoms with Gasteiger partial charge in [-0.1, -0.05) is 69.3 Å². The number of aromatic nitrogens is 2. The molecule has 1 amide bonds. The van der Waals surface area contributed by atoms with Gasteiger partial charge in [0.25, 0.3) is 5.91 Å². The minimum absolute atomic E-state index is 0.111. The second-order valence-corrected chi connectivity index (χ2v) is 8.55. The van der Waals surface area contributed by atoms with Gasteiger partial charge in [0.2, 0.25) is 0 Å². The van der Waals surface area contributed by atoms with Crippen molar-refractivity contribution in [1.29, 1.82) is 0 Å². The molecule has 0 unspecified atom stereocenters. The molecule has 156 valence electrons. The lowest BCUT2D eigenvalue weighted by Crippen LogP contribution is -2.17. The van der Waals surface area contributed by atoms with Crippen LogP contribution in [0.4, 0.5) is 11.5 Å². The van der Waals surface area contributed by atoms with Gasteiger partial charge in [-0.15, -0.1) is 10.2 Å². The lowest BCUT2D eigenvalue weighted by atomic mass is 9.87. The Balaban J connectivity index is 1.69. The van der Waals surface area contributed by atoms with Gasteiger partial charge in [0, 0.05) is 34.6 Å². The SMILES string of the molecule is CNC(=O)c1ccc(-c2nnc(Nc3ccc(C(C)(C)C)cc3)c3ccccc23)cc1. The first-order valence-corrected chi connectivity index (χ1v) is 10.3. The summed E-state index contributed by atoms with van der Waals surface area (Å²) in [7, 11) is 1.62. The van der Waals surface area contributed by atoms with Crippen LogP contribution in [-0.2, 0) is 5.41 Å². The molecule has 5 nitrogen and oxygen atoms in total. The van der Waals surface area contributed by atoms with Crippen LogP contribution in [0, 0.1) is 0 Å². The van der Waals surface area contributed by atoms with E-state index in [0.29, 0.717) is 11.4 Å². The first kappa shape index (κ1) is 20.5. The van der Waals surface area contributed by atoms with E-state index in [1.807, 2.05) is 36.4 Å². The number of amides is 1. The topological polar surface area (TPSA) is 66.9 Å². The number of anilines is 2. The van der Waals surface area contributed by atoms with E-state index in [1.54, 1.807) is 19.2 Å². The average Bonchev–Trinajstić information content (AvgIpc) is 2.79. The summed E-state index contributed by atoms with van der Waals surface area (Å²) in [5.41, 5.74) is 4.67. The number of nitrogens with one attached hydrogen (secondary N) is 2. The van der Waals surface area contributed by atoms with Gasteiger partial charge < -0.3 is 10.6 Å². The number of rotatable bonds is 4. The zero-order valence-electron chi connectivity index (χ0n) is 18.2. The van der Waals surface area contributed by atoms with Crippen LogP contribution in [0.3, 0.4) is 0 Å². The fourth-order valence-electron chi connectivity index (χ4n) is 3.52. The number of fused-ring (bicyclic) bond motifs is 1. The molecular weight excluding hydrogens is 384 g/mol. The number of benzene rings is 3. The molecule has 3 aromatic carbocycles. The van der Waals surface area contributed by atoms with Crippen molar-refractivity contribution in [2.24, 2.45) is 0 Å². The molecule has 0 spiro atoms. The Kier molecular flexibility index (Phi) is 5.42. The van der Waals surface area contributed by atoms with E-state index >= 15 is 0 Å². The highest BCUT2D eigenvalue weighted by Crippen LogP contribution is 2.32. The monoisotopic (exact) mass is 410 g/mol. The van der Waals surface area contributed by atoms with Crippen molar-refractivity contribution in [2.45, 2.75) is 26.2 Å². The first-order chi connectivity index (χ1) is 14.9. The molecule has 4 rings (SSSR count). The summed E-state index contributed by atoms with van der Waals surface area (Å²) in [5.74, 6) is 0.601. The highest BCUT2D eigenvalue weighted by atomic mass is 16.1. The zero-order valence-corrected chi connectivity index (χ0v) is 18.2. The summed E-state index contributed by atoms with van der Waals surface area (Å²) in [6, 6.07) is 23.9. The number of carbonyl (C=O) groups is 1. The Labute approximate surface area is 182 Å². The van der Waals surface area contributed by atoms with E-state index in [9.17, 15) is 4.79 Å². The van der Waals surface area contributed by atoms with Gasteiger partial charge >= 0.3 is 0 Å². The van der Waals surface area contributed by atoms with Crippen LogP contribution in [0.5, 0.6) is 0 Å². The molecule has 0 saturated carbocycles. The molecule has 0 saturated heterocycles. The Hall–Kier alpha value is -3.73. The van der Waals surface area contributed by atoms with E-state index < -0.39 is 0 Å². The van der Waals surface area contributed by atoms with Crippen LogP contribution in [-0.4, -0.2) is 23.2 Å². The molecule has 0 aliphatic carbocycles. The van der Waals surface area contributed by atoms with Crippen LogP contribution < -0.4 is 10.6 Å². The second-order valence-electron chi connectivity index (χ2n) is 8.55. The Morgan fingerprint density at radius 1 is 0.806 bits per heavy atom. The predicted molar refractivity (Wildman–Crippen MR) is 127 cm³/mol. The predicted octanol–water partition coefficient (Wildman–Crippen LogP) is 5.70. The third kappa shape index (κ3) is 4.26. The van der Waals surface area contributed by atoms with E-state index in [-0.39, 0.29) is 11.3 Å². The molecule has 1 aromatic heterocycles. The second kappa shape index (κ2) is 8.19. The lowest BCUT2D eigenvalue weighted by molar-refractivity contribution is 0.0963. The smallest absolute Gasteiger partial charge is 0.251 e. The van der Waals surface area contributed by atoms with Gasteiger partial charge in [0.05, 0.1) is 0 Å². The molecule has 0 fully saturated rings. The van der Waals surface area contributed by atoms with Crippen molar-refractivity contribution < 1.29 is 4.79 Å². The van der Waals surface area contributed by atoms with Gasteiger partial charge in [-0.25, -0.2) is 0 Å². The Bertz CT molecular complexity index is 1220. The molecule has 1 heterocycles. The number of carbonyl (C=O) groups excluding carboxylic acids is 1. The summed E-state index contributed by atoms with van der Waals surface area (Å²) in [4.78, 5) is 11.8. The standard InChI is InChI=1S/C26H26N4O/c1-26(2,3)19-13-15-20(16-14-19)28-24-22-8-6-5-7-21(22)23(29-30-24)17-9-11-18(12-10-17)25(31)27-4/h5-16H,1-4H3,(H,27,31)(H,28,30). The fraction of sp³-hybridized carbons (Fsp3) is 0.192. The molecule has 0 bridgehead atoms. The maximum Gasteiger partial charge on any atom is 0.251 e. The van der Waals surface area contributed by atoms with E-state index in [0.717, 1.165) is 27.7 Å². The highest BCUT2D eigenvalue weighted by Gasteiger charge is 2.14. The van der Waals surface area contributed by atoms with Gasteiger partial charge in [0.15, 0.2) is 5.82 Å². The van der Waals surface area contributed by atoms with Gasteiger partial charge in [0.1, 0.15) is 5.69 Å². The maximum atomic E-state index is 11.8. The summed E-state index contributed by atoms with van der Waals surface area (Å²) < 4.78 is 0. The first-order valence-electron chi connectivity index (χ1n) is 10.3. The number of hydrogen-bond acceptors (Lipinski definition) is 4. The van der Waals surface area contributed by atoms with Crippen molar-refractivity contribution in [3.05, 3.63) is 83.9 Å². The Morgan fingerprint density at radius 3 is 2.06 bits per heavy atom. The fourth-order valence-corrected chi connectivity index (χ4v) is 3.52. The minimum atomic E-state index is -0.112. The van der Waals surface area contributed by atoms with Gasteiger partial charge in [-0.05, 0) is 35.2 Å². The van der Waals surface area contributed by atoms with Crippen LogP contribution in [0.15, 0.2) is 72.8 Å². The number of hydrogen-bond donors (Lipinski definition) is 2. The quantitative estimate of drug-likeness (QED) is 0.453. The van der Waals surface area contributed by atoms with Crippen LogP contribution in [0.2, 0.25) is 0 Å². The van der Waals surface area contributed by atoms with Crippen LogP contribution >= 0.6 is 0 Å². The summed E-state index contributed by atoms with van der Waals surface area (Å²) in [6.45, 7) is 6.61. The van der Waals surface area contributed by atoms with Crippen molar-refractivity contribution in [3.8, 4) is 11.3 Å². The molecule has 0 radical (unpaired) electrons. The van der Waals surface area contributed by atoms with Gasteiger partial charge in [-0.2, -0.15) is 0 Å². The van der Waals surface area contributed by atoms with Crippen LogP contribution in [0.1, 0.15) is 36.7 Å². The third-order valence-corrected chi connectivity index (χ3v) is 5.35. The largest absolute Gasteiger partial charge is 0.355 e. The normalized spacial score (nSPS) is 11.4. The summed E-state index contributed by atoms with van der Waals surface area (Å²) in [5, 5.41) is 17.0. The summed E-state index contributed by atoms with van der Waals surface area (Å²) >= 11 is 0. The highest BCUT2D eigenvalue weighted by molar-refractivity contribution is 6.01. The molecule has 2 N–H and O–H groups in total. The van der Waals surface area contributed by atoms with E-state index in [4.69, 9.17) is 0 Å². The van der Waals surface area contributed by atoms with E-state index in [1.165, 1.54) is 5.56 Å². The molecule has 0 aliphatic rings. The van der Waals surface area contributed by atoms with Gasteiger partial charge in [-0.3, -0.25) is 4.79 Å². The molecule has 0 aliphatic heterocycles. The van der Waals surface area contributed by atoms with Crippen molar-refractivity contribution >= 4 is 28.2 Å². The van der Waals surface area contributed by atoms with Crippen molar-refractivity contribution in [2.75, 3.05) is 12.4 Å². The van der Waals surface area contributed by atoms with Crippen LogP contribution in [0.25, 0.3) is 22.0 Å². The molecule has 0 atom stereocenters. The molecule has 4 aromatic rings. The zero-order chi connectivity index (χ0) is 22.0. The average molecular weight is 411 g/mol. The number of nitrogens with zero attached hydrogens (tertiary/aromatic N) is 2. The van der Waals surface area contributed by atoms with Crippen molar-refractivity contribution in [3.63, 3.8) is 0 Å². The summed E-state index contributed by atoms with van der Waals surface area (Å²) in [6.07, 6.45) is 0.